The Balaban J connectivity index is 3.25. The van der Waals surface area contributed by atoms with E-state index in [9.17, 15) is 18.5 Å². The number of nitro benzene ring substituents is 1. The average Bonchev–Trinajstić information content (AvgIpc) is 2.35. The Morgan fingerprint density at radius 1 is 1.39 bits per heavy atom. The highest BCUT2D eigenvalue weighted by atomic mass is 32.2. The number of nitrogens with one attached hydrogen (secondary N) is 2. The van der Waals surface area contributed by atoms with Crippen LogP contribution in [0.4, 0.5) is 11.4 Å². The number of rotatable bonds is 6. The summed E-state index contributed by atoms with van der Waals surface area (Å²) in [5.41, 5.74) is 0.0664. The molecule has 0 unspecified atom stereocenters. The molecule has 0 aliphatic heterocycles. The van der Waals surface area contributed by atoms with Crippen molar-refractivity contribution in [3.63, 3.8) is 0 Å². The lowest BCUT2D eigenvalue weighted by molar-refractivity contribution is -0.384. The number of hydrogen-bond acceptors (Lipinski definition) is 5. The molecule has 18 heavy (non-hydrogen) atoms. The van der Waals surface area contributed by atoms with Gasteiger partial charge >= 0.3 is 0 Å². The quantitative estimate of drug-likeness (QED) is 0.601. The second-order valence-electron chi connectivity index (χ2n) is 3.57. The number of sulfonamides is 1. The molecule has 0 radical (unpaired) electrons. The van der Waals surface area contributed by atoms with E-state index in [1.807, 2.05) is 6.92 Å². The van der Waals surface area contributed by atoms with E-state index < -0.39 is 14.9 Å². The number of benzene rings is 1. The van der Waals surface area contributed by atoms with E-state index in [2.05, 4.69) is 10.0 Å². The maximum Gasteiger partial charge on any atom is 0.292 e. The fourth-order valence-electron chi connectivity index (χ4n) is 1.36. The Hall–Kier alpha value is -1.67. The predicted molar refractivity (Wildman–Crippen MR) is 68.1 cm³/mol. The molecule has 0 saturated heterocycles. The van der Waals surface area contributed by atoms with Gasteiger partial charge in [0.15, 0.2) is 0 Å². The Morgan fingerprint density at radius 3 is 2.56 bits per heavy atom. The molecule has 0 atom stereocenters. The van der Waals surface area contributed by atoms with Crippen LogP contribution in [0.1, 0.15) is 13.3 Å². The molecule has 0 bridgehead atoms. The average molecular weight is 273 g/mol. The molecule has 2 N–H and O–H groups in total. The van der Waals surface area contributed by atoms with E-state index in [0.29, 0.717) is 6.54 Å². The molecule has 0 fully saturated rings. The lowest BCUT2D eigenvalue weighted by atomic mass is 10.2. The molecule has 0 amide bonds. The molecule has 1 aromatic carbocycles. The van der Waals surface area contributed by atoms with Gasteiger partial charge in [0.2, 0.25) is 10.0 Å². The minimum absolute atomic E-state index is 0.00537. The molecule has 0 heterocycles. The van der Waals surface area contributed by atoms with Crippen molar-refractivity contribution < 1.29 is 13.3 Å². The van der Waals surface area contributed by atoms with E-state index in [1.165, 1.54) is 25.2 Å². The molecule has 0 aliphatic carbocycles. The highest BCUT2D eigenvalue weighted by molar-refractivity contribution is 7.89. The van der Waals surface area contributed by atoms with Crippen LogP contribution in [-0.2, 0) is 10.0 Å². The van der Waals surface area contributed by atoms with Crippen molar-refractivity contribution in [3.05, 3.63) is 28.3 Å². The predicted octanol–water partition coefficient (Wildman–Crippen LogP) is 1.32. The van der Waals surface area contributed by atoms with Crippen molar-refractivity contribution in [2.75, 3.05) is 18.9 Å². The van der Waals surface area contributed by atoms with Gasteiger partial charge in [-0.2, -0.15) is 0 Å². The van der Waals surface area contributed by atoms with Gasteiger partial charge in [-0.05, 0) is 25.6 Å². The van der Waals surface area contributed by atoms with Crippen LogP contribution in [-0.4, -0.2) is 26.9 Å². The van der Waals surface area contributed by atoms with Gasteiger partial charge in [0, 0.05) is 12.6 Å². The Labute approximate surface area is 105 Å². The summed E-state index contributed by atoms with van der Waals surface area (Å²) in [5.74, 6) is 0. The molecule has 8 heteroatoms. The first kappa shape index (κ1) is 14.4. The van der Waals surface area contributed by atoms with Crippen LogP contribution in [0.15, 0.2) is 23.1 Å². The first-order valence-corrected chi connectivity index (χ1v) is 6.86. The first-order chi connectivity index (χ1) is 8.42. The third-order valence-corrected chi connectivity index (χ3v) is 3.72. The molecule has 100 valence electrons. The van der Waals surface area contributed by atoms with Gasteiger partial charge in [0.05, 0.1) is 9.82 Å². The van der Waals surface area contributed by atoms with E-state index in [4.69, 9.17) is 0 Å². The van der Waals surface area contributed by atoms with Crippen LogP contribution in [0.5, 0.6) is 0 Å². The van der Waals surface area contributed by atoms with Crippen molar-refractivity contribution in [2.45, 2.75) is 18.2 Å². The van der Waals surface area contributed by atoms with Crippen molar-refractivity contribution in [1.82, 2.24) is 4.72 Å². The summed E-state index contributed by atoms with van der Waals surface area (Å²) in [6, 6.07) is 3.66. The van der Waals surface area contributed by atoms with Gasteiger partial charge in [-0.15, -0.1) is 0 Å². The summed E-state index contributed by atoms with van der Waals surface area (Å²) in [7, 11) is -2.31. The highest BCUT2D eigenvalue weighted by Gasteiger charge is 2.18. The normalized spacial score (nSPS) is 11.2. The molecule has 7 nitrogen and oxygen atoms in total. The van der Waals surface area contributed by atoms with Crippen molar-refractivity contribution in [2.24, 2.45) is 0 Å². The van der Waals surface area contributed by atoms with Gasteiger partial charge in [-0.1, -0.05) is 6.92 Å². The van der Waals surface area contributed by atoms with E-state index in [1.54, 1.807) is 0 Å². The van der Waals surface area contributed by atoms with Crippen molar-refractivity contribution in [1.29, 1.82) is 0 Å². The largest absolute Gasteiger partial charge is 0.379 e. The number of nitro groups is 1. The van der Waals surface area contributed by atoms with E-state index >= 15 is 0 Å². The second kappa shape index (κ2) is 5.78. The first-order valence-electron chi connectivity index (χ1n) is 5.38. The fourth-order valence-corrected chi connectivity index (χ4v) is 2.12. The summed E-state index contributed by atoms with van der Waals surface area (Å²) in [5, 5.41) is 13.7. The minimum atomic E-state index is -3.60. The summed E-state index contributed by atoms with van der Waals surface area (Å²) >= 11 is 0. The maximum absolute atomic E-state index is 11.6. The summed E-state index contributed by atoms with van der Waals surface area (Å²) in [6.07, 6.45) is 0.778. The molecule has 0 saturated carbocycles. The maximum atomic E-state index is 11.6. The lowest BCUT2D eigenvalue weighted by Gasteiger charge is -2.08. The zero-order valence-electron chi connectivity index (χ0n) is 10.1. The zero-order valence-corrected chi connectivity index (χ0v) is 11.0. The van der Waals surface area contributed by atoms with Crippen molar-refractivity contribution in [3.8, 4) is 0 Å². The topological polar surface area (TPSA) is 101 Å². The van der Waals surface area contributed by atoms with Gasteiger partial charge in [-0.25, -0.2) is 13.1 Å². The van der Waals surface area contributed by atoms with Crippen LogP contribution in [0.25, 0.3) is 0 Å². The monoisotopic (exact) mass is 273 g/mol. The number of nitrogens with zero attached hydrogens (tertiary/aromatic N) is 1. The smallest absolute Gasteiger partial charge is 0.292 e. The lowest BCUT2D eigenvalue weighted by Crippen LogP contribution is -2.19. The Morgan fingerprint density at radius 2 is 2.06 bits per heavy atom. The van der Waals surface area contributed by atoms with E-state index in [0.717, 1.165) is 6.42 Å². The fraction of sp³-hybridized carbons (Fsp3) is 0.400. The number of anilines is 1. The number of hydrogen-bond donors (Lipinski definition) is 2. The van der Waals surface area contributed by atoms with Gasteiger partial charge in [0.1, 0.15) is 5.69 Å². The van der Waals surface area contributed by atoms with Crippen LogP contribution in [0, 0.1) is 10.1 Å². The van der Waals surface area contributed by atoms with Crippen LogP contribution >= 0.6 is 0 Å². The molecule has 1 aromatic rings. The third-order valence-electron chi connectivity index (χ3n) is 2.31. The van der Waals surface area contributed by atoms with Gasteiger partial charge in [0.25, 0.3) is 5.69 Å². The Bertz CT molecular complexity index is 542. The van der Waals surface area contributed by atoms with Crippen LogP contribution in [0.2, 0.25) is 0 Å². The summed E-state index contributed by atoms with van der Waals surface area (Å²) in [6.45, 7) is 2.44. The third kappa shape index (κ3) is 3.17. The van der Waals surface area contributed by atoms with Crippen LogP contribution in [0.3, 0.4) is 0 Å². The molecule has 0 spiro atoms. The second-order valence-corrected chi connectivity index (χ2v) is 5.46. The molecular formula is C10H15N3O4S. The van der Waals surface area contributed by atoms with E-state index in [-0.39, 0.29) is 16.3 Å². The van der Waals surface area contributed by atoms with Gasteiger partial charge < -0.3 is 5.32 Å². The zero-order chi connectivity index (χ0) is 13.8. The molecule has 0 aromatic heterocycles. The highest BCUT2D eigenvalue weighted by Crippen LogP contribution is 2.27. The molecular weight excluding hydrogens is 258 g/mol. The minimum Gasteiger partial charge on any atom is -0.379 e. The summed E-state index contributed by atoms with van der Waals surface area (Å²) < 4.78 is 25.4. The van der Waals surface area contributed by atoms with Crippen LogP contribution < -0.4 is 10.0 Å². The Kier molecular flexibility index (Phi) is 4.62. The standard InChI is InChI=1S/C10H15N3O4S/c1-3-6-12-9-7-8(18(16,17)11-2)4-5-10(9)13(14)15/h4-5,7,11-12H,3,6H2,1-2H3. The summed E-state index contributed by atoms with van der Waals surface area (Å²) in [4.78, 5) is 10.3. The van der Waals surface area contributed by atoms with Gasteiger partial charge in [-0.3, -0.25) is 10.1 Å². The SMILES string of the molecule is CCCNc1cc(S(=O)(=O)NC)ccc1[N+](=O)[O-]. The molecule has 1 rings (SSSR count). The molecule has 0 aliphatic rings. The van der Waals surface area contributed by atoms with Crippen molar-refractivity contribution >= 4 is 21.4 Å².